The van der Waals surface area contributed by atoms with Gasteiger partial charge in [-0.1, -0.05) is 15.9 Å². The largest absolute Gasteiger partial charge is 0.344 e. The van der Waals surface area contributed by atoms with Crippen LogP contribution in [0.1, 0.15) is 0 Å². The van der Waals surface area contributed by atoms with E-state index in [1.54, 1.807) is 4.68 Å². The van der Waals surface area contributed by atoms with Crippen molar-refractivity contribution in [2.75, 3.05) is 0 Å². The van der Waals surface area contributed by atoms with Crippen LogP contribution in [0.4, 0.5) is 5.00 Å². The van der Waals surface area contributed by atoms with Gasteiger partial charge in [0.2, 0.25) is 5.16 Å². The molecular formula is C10H5BrN6O2S2. The fourth-order valence-electron chi connectivity index (χ4n) is 1.45. The molecule has 0 saturated carbocycles. The van der Waals surface area contributed by atoms with E-state index < -0.39 is 4.92 Å². The number of nitro groups is 1. The number of halogens is 1. The van der Waals surface area contributed by atoms with Crippen molar-refractivity contribution in [3.63, 3.8) is 0 Å². The van der Waals surface area contributed by atoms with Gasteiger partial charge >= 0.3 is 5.00 Å². The summed E-state index contributed by atoms with van der Waals surface area (Å²) in [4.78, 5) is 14.2. The van der Waals surface area contributed by atoms with Crippen LogP contribution in [0.15, 0.2) is 44.4 Å². The van der Waals surface area contributed by atoms with Gasteiger partial charge in [0, 0.05) is 4.47 Å². The van der Waals surface area contributed by atoms with E-state index in [4.69, 9.17) is 0 Å². The van der Waals surface area contributed by atoms with Crippen molar-refractivity contribution in [1.82, 2.24) is 25.2 Å². The molecule has 21 heavy (non-hydrogen) atoms. The lowest BCUT2D eigenvalue weighted by Crippen LogP contribution is -1.98. The van der Waals surface area contributed by atoms with E-state index in [-0.39, 0.29) is 5.00 Å². The highest BCUT2D eigenvalue weighted by molar-refractivity contribution is 9.10. The number of nitrogens with zero attached hydrogens (tertiary/aromatic N) is 6. The van der Waals surface area contributed by atoms with Crippen molar-refractivity contribution in [2.45, 2.75) is 9.50 Å². The molecule has 0 unspecified atom stereocenters. The number of aromatic nitrogens is 5. The summed E-state index contributed by atoms with van der Waals surface area (Å²) in [6, 6.07) is 7.46. The predicted octanol–water partition coefficient (Wildman–Crippen LogP) is 2.94. The van der Waals surface area contributed by atoms with Crippen LogP contribution in [0.25, 0.3) is 5.69 Å². The number of hydrogen-bond donors (Lipinski definition) is 0. The van der Waals surface area contributed by atoms with E-state index in [1.165, 1.54) is 18.0 Å². The monoisotopic (exact) mass is 384 g/mol. The summed E-state index contributed by atoms with van der Waals surface area (Å²) < 4.78 is 3.00. The molecule has 0 aliphatic rings. The van der Waals surface area contributed by atoms with Gasteiger partial charge in [0.1, 0.15) is 6.20 Å². The minimum absolute atomic E-state index is 0.0137. The first-order valence-corrected chi connectivity index (χ1v) is 7.88. The Morgan fingerprint density at radius 1 is 1.33 bits per heavy atom. The quantitative estimate of drug-likeness (QED) is 0.503. The molecule has 106 valence electrons. The summed E-state index contributed by atoms with van der Waals surface area (Å²) in [6.07, 6.45) is 1.22. The highest BCUT2D eigenvalue weighted by atomic mass is 79.9. The summed E-state index contributed by atoms with van der Waals surface area (Å²) in [5.74, 6) is 0. The maximum absolute atomic E-state index is 10.7. The Bertz CT molecular complexity index is 787. The Balaban J connectivity index is 1.88. The van der Waals surface area contributed by atoms with Gasteiger partial charge in [-0.05, 0) is 57.8 Å². The van der Waals surface area contributed by atoms with Crippen molar-refractivity contribution >= 4 is 44.0 Å². The summed E-state index contributed by atoms with van der Waals surface area (Å²) in [7, 11) is 0. The zero-order chi connectivity index (χ0) is 14.8. The second kappa shape index (κ2) is 5.87. The molecule has 0 saturated heterocycles. The third-order valence-corrected chi connectivity index (χ3v) is 4.83. The molecule has 3 aromatic rings. The Morgan fingerprint density at radius 3 is 2.76 bits per heavy atom. The van der Waals surface area contributed by atoms with E-state index in [0.717, 1.165) is 21.5 Å². The van der Waals surface area contributed by atoms with Gasteiger partial charge in [0.15, 0.2) is 4.34 Å². The van der Waals surface area contributed by atoms with Crippen LogP contribution in [0.2, 0.25) is 0 Å². The number of rotatable bonds is 4. The molecular weight excluding hydrogens is 380 g/mol. The lowest BCUT2D eigenvalue weighted by Gasteiger charge is -2.02. The molecule has 0 fully saturated rings. The first kappa shape index (κ1) is 14.1. The van der Waals surface area contributed by atoms with Gasteiger partial charge in [-0.25, -0.2) is 4.98 Å². The minimum Gasteiger partial charge on any atom is -0.257 e. The van der Waals surface area contributed by atoms with Gasteiger partial charge < -0.3 is 0 Å². The van der Waals surface area contributed by atoms with Crippen molar-refractivity contribution < 1.29 is 4.92 Å². The summed E-state index contributed by atoms with van der Waals surface area (Å²) in [5.41, 5.74) is 0.789. The molecule has 0 aliphatic carbocycles. The lowest BCUT2D eigenvalue weighted by molar-refractivity contribution is -0.380. The van der Waals surface area contributed by atoms with Crippen molar-refractivity contribution in [3.05, 3.63) is 45.0 Å². The molecule has 0 amide bonds. The third-order valence-electron chi connectivity index (χ3n) is 2.34. The Kier molecular flexibility index (Phi) is 3.94. The summed E-state index contributed by atoms with van der Waals surface area (Å²) >= 11 is 5.52. The van der Waals surface area contributed by atoms with Crippen LogP contribution in [0.5, 0.6) is 0 Å². The van der Waals surface area contributed by atoms with Crippen LogP contribution in [0, 0.1) is 10.1 Å². The van der Waals surface area contributed by atoms with Crippen LogP contribution in [0.3, 0.4) is 0 Å². The van der Waals surface area contributed by atoms with Gasteiger partial charge in [0.25, 0.3) is 0 Å². The predicted molar refractivity (Wildman–Crippen MR) is 79.7 cm³/mol. The average Bonchev–Trinajstić information content (AvgIpc) is 3.10. The van der Waals surface area contributed by atoms with Crippen LogP contribution < -0.4 is 0 Å². The molecule has 2 aromatic heterocycles. The summed E-state index contributed by atoms with van der Waals surface area (Å²) in [5, 5.41) is 22.6. The second-order valence-corrected chi connectivity index (χ2v) is 6.81. The Labute approximate surface area is 134 Å². The fraction of sp³-hybridized carbons (Fsp3) is 0. The first-order chi connectivity index (χ1) is 10.1. The van der Waals surface area contributed by atoms with Crippen LogP contribution >= 0.6 is 39.0 Å². The molecule has 0 N–H and O–H groups in total. The fourth-order valence-corrected chi connectivity index (χ4v) is 3.39. The highest BCUT2D eigenvalue weighted by Crippen LogP contribution is 2.33. The maximum atomic E-state index is 10.7. The standard InChI is InChI=1S/C10H5BrN6O2S2/c11-6-1-3-7(4-2-6)16-9(13-14-15-16)21-10-12-5-8(20-10)17(18)19/h1-5H. The molecule has 2 heterocycles. The molecule has 1 aromatic carbocycles. The molecule has 0 atom stereocenters. The first-order valence-electron chi connectivity index (χ1n) is 5.46. The zero-order valence-electron chi connectivity index (χ0n) is 10.1. The Hall–Kier alpha value is -1.85. The molecule has 0 spiro atoms. The minimum atomic E-state index is -0.473. The van der Waals surface area contributed by atoms with E-state index in [0.29, 0.717) is 9.50 Å². The van der Waals surface area contributed by atoms with E-state index in [9.17, 15) is 10.1 Å². The second-order valence-electron chi connectivity index (χ2n) is 3.67. The van der Waals surface area contributed by atoms with Gasteiger partial charge in [-0.3, -0.25) is 10.1 Å². The van der Waals surface area contributed by atoms with E-state index >= 15 is 0 Å². The van der Waals surface area contributed by atoms with Crippen LogP contribution in [-0.2, 0) is 0 Å². The number of thiazole rings is 1. The normalized spacial score (nSPS) is 10.7. The number of tetrazole rings is 1. The zero-order valence-corrected chi connectivity index (χ0v) is 13.3. The van der Waals surface area contributed by atoms with Crippen molar-refractivity contribution in [2.24, 2.45) is 0 Å². The SMILES string of the molecule is O=[N+]([O-])c1cnc(Sc2nnnn2-c2ccc(Br)cc2)s1. The van der Waals surface area contributed by atoms with Crippen molar-refractivity contribution in [1.29, 1.82) is 0 Å². The smallest absolute Gasteiger partial charge is 0.257 e. The molecule has 11 heteroatoms. The lowest BCUT2D eigenvalue weighted by atomic mass is 10.3. The maximum Gasteiger partial charge on any atom is 0.344 e. The molecule has 0 aliphatic heterocycles. The van der Waals surface area contributed by atoms with Gasteiger partial charge in [-0.15, -0.1) is 5.10 Å². The van der Waals surface area contributed by atoms with Gasteiger partial charge in [0.05, 0.1) is 10.6 Å². The van der Waals surface area contributed by atoms with E-state index in [1.807, 2.05) is 24.3 Å². The van der Waals surface area contributed by atoms with E-state index in [2.05, 4.69) is 36.4 Å². The number of benzene rings is 1. The molecule has 0 bridgehead atoms. The van der Waals surface area contributed by atoms with Gasteiger partial charge in [-0.2, -0.15) is 4.68 Å². The Morgan fingerprint density at radius 2 is 2.10 bits per heavy atom. The average molecular weight is 385 g/mol. The molecule has 0 radical (unpaired) electrons. The topological polar surface area (TPSA) is 99.6 Å². The number of hydrogen-bond acceptors (Lipinski definition) is 8. The molecule has 3 rings (SSSR count). The molecule has 8 nitrogen and oxygen atoms in total. The highest BCUT2D eigenvalue weighted by Gasteiger charge is 2.16. The summed E-state index contributed by atoms with van der Waals surface area (Å²) in [6.45, 7) is 0. The van der Waals surface area contributed by atoms with Crippen molar-refractivity contribution in [3.8, 4) is 5.69 Å². The van der Waals surface area contributed by atoms with Crippen LogP contribution in [-0.4, -0.2) is 30.1 Å². The third kappa shape index (κ3) is 3.09.